The Morgan fingerprint density at radius 3 is 2.35 bits per heavy atom. The molecule has 1 unspecified atom stereocenters. The number of carbonyl (C=O) groups is 1. The van der Waals surface area contributed by atoms with Crippen molar-refractivity contribution < 1.29 is 14.6 Å². The highest BCUT2D eigenvalue weighted by atomic mass is 16.6. The molecule has 26 heavy (non-hydrogen) atoms. The maximum Gasteiger partial charge on any atom is 0.423 e. The zero-order chi connectivity index (χ0) is 18.9. The normalized spacial score (nSPS) is 12.8. The first kappa shape index (κ1) is 17.8. The summed E-state index contributed by atoms with van der Waals surface area (Å²) in [5.41, 5.74) is -0.443. The van der Waals surface area contributed by atoms with E-state index in [0.717, 1.165) is 4.57 Å². The SMILES string of the molecule is CC(C)(C)OC(=O)n1c(C(O)c2ccccc2)nc2ccccc2c1=O. The largest absolute Gasteiger partial charge is 0.443 e. The van der Waals surface area contributed by atoms with Crippen LogP contribution in [0.3, 0.4) is 0 Å². The van der Waals surface area contributed by atoms with Crippen molar-refractivity contribution in [2.75, 3.05) is 0 Å². The number of fused-ring (bicyclic) bond motifs is 1. The second-order valence-electron chi connectivity index (χ2n) is 6.92. The summed E-state index contributed by atoms with van der Waals surface area (Å²) in [6, 6.07) is 15.4. The number of hydrogen-bond acceptors (Lipinski definition) is 5. The zero-order valence-electron chi connectivity index (χ0n) is 14.8. The quantitative estimate of drug-likeness (QED) is 0.765. The van der Waals surface area contributed by atoms with Gasteiger partial charge in [0.05, 0.1) is 10.9 Å². The Kier molecular flexibility index (Phi) is 4.61. The first-order valence-electron chi connectivity index (χ1n) is 8.26. The van der Waals surface area contributed by atoms with Crippen LogP contribution in [-0.2, 0) is 4.74 Å². The van der Waals surface area contributed by atoms with Crippen molar-refractivity contribution in [1.29, 1.82) is 0 Å². The van der Waals surface area contributed by atoms with E-state index in [2.05, 4.69) is 4.98 Å². The Hall–Kier alpha value is -2.99. The molecule has 3 aromatic rings. The summed E-state index contributed by atoms with van der Waals surface area (Å²) in [7, 11) is 0. The molecule has 1 aromatic heterocycles. The third kappa shape index (κ3) is 3.50. The molecule has 3 rings (SSSR count). The number of aliphatic hydroxyl groups excluding tert-OH is 1. The Morgan fingerprint density at radius 1 is 1.08 bits per heavy atom. The van der Waals surface area contributed by atoms with E-state index in [0.29, 0.717) is 11.1 Å². The minimum Gasteiger partial charge on any atom is -0.443 e. The highest BCUT2D eigenvalue weighted by Gasteiger charge is 2.27. The van der Waals surface area contributed by atoms with Crippen molar-refractivity contribution in [2.45, 2.75) is 32.5 Å². The van der Waals surface area contributed by atoms with Crippen LogP contribution in [0.2, 0.25) is 0 Å². The third-order valence-corrected chi connectivity index (χ3v) is 3.74. The summed E-state index contributed by atoms with van der Waals surface area (Å²) in [5.74, 6) is -0.0749. The molecular weight excluding hydrogens is 332 g/mol. The molecule has 1 N–H and O–H groups in total. The number of benzene rings is 2. The van der Waals surface area contributed by atoms with Gasteiger partial charge in [-0.15, -0.1) is 0 Å². The number of aliphatic hydroxyl groups is 1. The monoisotopic (exact) mass is 352 g/mol. The molecule has 0 fully saturated rings. The summed E-state index contributed by atoms with van der Waals surface area (Å²) < 4.78 is 6.16. The maximum atomic E-state index is 12.9. The van der Waals surface area contributed by atoms with Gasteiger partial charge in [0.15, 0.2) is 5.82 Å². The summed E-state index contributed by atoms with van der Waals surface area (Å²) in [6.45, 7) is 5.12. The molecule has 0 aliphatic carbocycles. The van der Waals surface area contributed by atoms with Crippen LogP contribution in [0.15, 0.2) is 59.4 Å². The third-order valence-electron chi connectivity index (χ3n) is 3.74. The molecule has 1 atom stereocenters. The Morgan fingerprint density at radius 2 is 1.69 bits per heavy atom. The Bertz CT molecular complexity index is 1000. The van der Waals surface area contributed by atoms with Gasteiger partial charge in [0.25, 0.3) is 5.56 Å². The van der Waals surface area contributed by atoms with Crippen LogP contribution in [0, 0.1) is 0 Å². The molecule has 2 aromatic carbocycles. The van der Waals surface area contributed by atoms with Crippen LogP contribution >= 0.6 is 0 Å². The van der Waals surface area contributed by atoms with E-state index >= 15 is 0 Å². The van der Waals surface area contributed by atoms with Crippen molar-refractivity contribution >= 4 is 17.0 Å². The number of ether oxygens (including phenoxy) is 1. The van der Waals surface area contributed by atoms with Crippen LogP contribution in [0.5, 0.6) is 0 Å². The first-order chi connectivity index (χ1) is 12.3. The molecule has 0 saturated carbocycles. The molecular formula is C20H20N2O4. The number of aromatic nitrogens is 2. The number of carbonyl (C=O) groups excluding carboxylic acids is 1. The lowest BCUT2D eigenvalue weighted by atomic mass is 10.1. The highest BCUT2D eigenvalue weighted by Crippen LogP contribution is 2.22. The fourth-order valence-corrected chi connectivity index (χ4v) is 2.60. The second kappa shape index (κ2) is 6.72. The number of nitrogens with zero attached hydrogens (tertiary/aromatic N) is 2. The molecule has 0 radical (unpaired) electrons. The van der Waals surface area contributed by atoms with Crippen LogP contribution in [0.25, 0.3) is 10.9 Å². The van der Waals surface area contributed by atoms with Gasteiger partial charge >= 0.3 is 6.09 Å². The van der Waals surface area contributed by atoms with E-state index in [1.54, 1.807) is 69.3 Å². The highest BCUT2D eigenvalue weighted by molar-refractivity contribution is 5.81. The minimum atomic E-state index is -1.25. The Labute approximate surface area is 150 Å². The molecule has 0 bridgehead atoms. The van der Waals surface area contributed by atoms with Gasteiger partial charge in [0.1, 0.15) is 11.7 Å². The summed E-state index contributed by atoms with van der Waals surface area (Å²) in [5, 5.41) is 11.1. The Balaban J connectivity index is 2.24. The van der Waals surface area contributed by atoms with Gasteiger partial charge in [0.2, 0.25) is 0 Å². The van der Waals surface area contributed by atoms with Crippen molar-refractivity contribution in [3.8, 4) is 0 Å². The molecule has 0 aliphatic rings. The molecule has 134 valence electrons. The predicted octanol–water partition coefficient (Wildman–Crippen LogP) is 3.26. The van der Waals surface area contributed by atoms with Crippen molar-refractivity contribution in [2.24, 2.45) is 0 Å². The lowest BCUT2D eigenvalue weighted by Crippen LogP contribution is -2.37. The van der Waals surface area contributed by atoms with Gasteiger partial charge in [-0.1, -0.05) is 42.5 Å². The molecule has 0 aliphatic heterocycles. The van der Waals surface area contributed by atoms with Crippen LogP contribution in [-0.4, -0.2) is 26.4 Å². The van der Waals surface area contributed by atoms with Crippen LogP contribution in [0.1, 0.15) is 38.3 Å². The second-order valence-corrected chi connectivity index (χ2v) is 6.92. The number of rotatable bonds is 2. The van der Waals surface area contributed by atoms with E-state index in [-0.39, 0.29) is 11.2 Å². The van der Waals surface area contributed by atoms with Gasteiger partial charge in [-0.3, -0.25) is 4.79 Å². The molecule has 6 nitrogen and oxygen atoms in total. The van der Waals surface area contributed by atoms with Gasteiger partial charge in [0, 0.05) is 0 Å². The smallest absolute Gasteiger partial charge is 0.423 e. The van der Waals surface area contributed by atoms with Crippen molar-refractivity contribution in [3.63, 3.8) is 0 Å². The van der Waals surface area contributed by atoms with Crippen molar-refractivity contribution in [1.82, 2.24) is 9.55 Å². The van der Waals surface area contributed by atoms with E-state index in [4.69, 9.17) is 4.74 Å². The topological polar surface area (TPSA) is 81.4 Å². The predicted molar refractivity (Wildman–Crippen MR) is 98.1 cm³/mol. The van der Waals surface area contributed by atoms with Crippen LogP contribution < -0.4 is 5.56 Å². The summed E-state index contributed by atoms with van der Waals surface area (Å²) >= 11 is 0. The first-order valence-corrected chi connectivity index (χ1v) is 8.26. The number of hydrogen-bond donors (Lipinski definition) is 1. The zero-order valence-corrected chi connectivity index (χ0v) is 14.8. The van der Waals surface area contributed by atoms with E-state index < -0.39 is 23.4 Å². The number of para-hydroxylation sites is 1. The van der Waals surface area contributed by atoms with E-state index in [1.165, 1.54) is 0 Å². The molecule has 6 heteroatoms. The summed E-state index contributed by atoms with van der Waals surface area (Å²) in [4.78, 5) is 30.0. The van der Waals surface area contributed by atoms with E-state index in [9.17, 15) is 14.7 Å². The maximum absolute atomic E-state index is 12.9. The molecule has 0 saturated heterocycles. The molecule has 0 spiro atoms. The average molecular weight is 352 g/mol. The van der Waals surface area contributed by atoms with Crippen molar-refractivity contribution in [3.05, 3.63) is 76.3 Å². The van der Waals surface area contributed by atoms with Gasteiger partial charge in [-0.2, -0.15) is 4.57 Å². The summed E-state index contributed by atoms with van der Waals surface area (Å²) in [6.07, 6.45) is -2.12. The van der Waals surface area contributed by atoms with Gasteiger partial charge in [-0.05, 0) is 38.5 Å². The standard InChI is InChI=1S/C20H20N2O4/c1-20(2,3)26-19(25)22-17(16(23)13-9-5-4-6-10-13)21-15-12-8-7-11-14(15)18(22)24/h4-12,16,23H,1-3H3. The van der Waals surface area contributed by atoms with Gasteiger partial charge < -0.3 is 9.84 Å². The lowest BCUT2D eigenvalue weighted by Gasteiger charge is -2.22. The lowest BCUT2D eigenvalue weighted by molar-refractivity contribution is 0.0509. The van der Waals surface area contributed by atoms with E-state index in [1.807, 2.05) is 6.07 Å². The molecule has 0 amide bonds. The average Bonchev–Trinajstić information content (AvgIpc) is 2.60. The molecule has 1 heterocycles. The fourth-order valence-electron chi connectivity index (χ4n) is 2.60. The van der Waals surface area contributed by atoms with Gasteiger partial charge in [-0.25, -0.2) is 9.78 Å². The minimum absolute atomic E-state index is 0.0749. The van der Waals surface area contributed by atoms with Crippen LogP contribution in [0.4, 0.5) is 4.79 Å². The fraction of sp³-hybridized carbons (Fsp3) is 0.250.